The molecule has 1 N–H and O–H groups in total. The van der Waals surface area contributed by atoms with Gasteiger partial charge in [-0.15, -0.1) is 0 Å². The largest absolute Gasteiger partial charge is 0.452 e. The van der Waals surface area contributed by atoms with Crippen molar-refractivity contribution in [3.63, 3.8) is 0 Å². The van der Waals surface area contributed by atoms with Crippen LogP contribution in [0, 0.1) is 23.3 Å². The molecule has 0 radical (unpaired) electrons. The van der Waals surface area contributed by atoms with Crippen LogP contribution < -0.4 is 5.32 Å². The highest BCUT2D eigenvalue weighted by Gasteiger charge is 2.15. The minimum Gasteiger partial charge on any atom is -0.452 e. The third kappa shape index (κ3) is 5.17. The van der Waals surface area contributed by atoms with Crippen molar-refractivity contribution >= 4 is 23.6 Å². The van der Waals surface area contributed by atoms with Crippen LogP contribution in [0.1, 0.15) is 5.56 Å². The standard InChI is InChI=1S/C17H11F4NO3/c18-11-4-1-10(2-5-11)3-8-15(24)25-9-14(23)22-13-7-6-12(19)16(20)17(13)21/h1-8H,9H2,(H,22,23)/b8-3+. The van der Waals surface area contributed by atoms with Crippen molar-refractivity contribution in [3.8, 4) is 0 Å². The normalized spacial score (nSPS) is 10.7. The van der Waals surface area contributed by atoms with Crippen molar-refractivity contribution in [1.29, 1.82) is 0 Å². The molecule has 0 aromatic heterocycles. The lowest BCUT2D eigenvalue weighted by Crippen LogP contribution is -2.21. The number of amides is 1. The number of hydrogen-bond donors (Lipinski definition) is 1. The summed E-state index contributed by atoms with van der Waals surface area (Å²) in [6.07, 6.45) is 2.35. The van der Waals surface area contributed by atoms with Crippen molar-refractivity contribution < 1.29 is 31.9 Å². The fraction of sp³-hybridized carbons (Fsp3) is 0.0588. The maximum absolute atomic E-state index is 13.4. The van der Waals surface area contributed by atoms with Crippen LogP contribution in [0.15, 0.2) is 42.5 Å². The fourth-order valence-corrected chi connectivity index (χ4v) is 1.73. The van der Waals surface area contributed by atoms with E-state index in [1.807, 2.05) is 5.32 Å². The van der Waals surface area contributed by atoms with Gasteiger partial charge in [-0.3, -0.25) is 4.79 Å². The van der Waals surface area contributed by atoms with Crippen LogP contribution in [0.2, 0.25) is 0 Å². The summed E-state index contributed by atoms with van der Waals surface area (Å²) in [4.78, 5) is 23.0. The molecule has 130 valence electrons. The molecule has 1 amide bonds. The van der Waals surface area contributed by atoms with Crippen LogP contribution in [-0.4, -0.2) is 18.5 Å². The summed E-state index contributed by atoms with van der Waals surface area (Å²) in [5.74, 6) is -6.92. The Labute approximate surface area is 139 Å². The highest BCUT2D eigenvalue weighted by molar-refractivity contribution is 5.94. The predicted molar refractivity (Wildman–Crippen MR) is 81.3 cm³/mol. The number of halogens is 4. The van der Waals surface area contributed by atoms with Crippen molar-refractivity contribution in [1.82, 2.24) is 0 Å². The van der Waals surface area contributed by atoms with Gasteiger partial charge in [0.1, 0.15) is 5.82 Å². The SMILES string of the molecule is O=C(COC(=O)/C=C/c1ccc(F)cc1)Nc1ccc(F)c(F)c1F. The minimum absolute atomic E-state index is 0.430. The van der Waals surface area contributed by atoms with E-state index in [9.17, 15) is 27.2 Å². The third-order valence-electron chi connectivity index (χ3n) is 2.94. The highest BCUT2D eigenvalue weighted by Crippen LogP contribution is 2.19. The van der Waals surface area contributed by atoms with Gasteiger partial charge in [0.15, 0.2) is 24.1 Å². The third-order valence-corrected chi connectivity index (χ3v) is 2.94. The van der Waals surface area contributed by atoms with Gasteiger partial charge in [0, 0.05) is 6.08 Å². The van der Waals surface area contributed by atoms with Crippen molar-refractivity contribution in [3.05, 3.63) is 71.3 Å². The number of nitrogens with one attached hydrogen (secondary N) is 1. The second kappa shape index (κ2) is 8.09. The molecule has 0 aliphatic heterocycles. The molecule has 2 aromatic carbocycles. The Bertz CT molecular complexity index is 819. The van der Waals surface area contributed by atoms with Gasteiger partial charge < -0.3 is 10.1 Å². The van der Waals surface area contributed by atoms with E-state index < -0.39 is 47.4 Å². The lowest BCUT2D eigenvalue weighted by Gasteiger charge is -2.07. The number of hydrogen-bond acceptors (Lipinski definition) is 3. The fourth-order valence-electron chi connectivity index (χ4n) is 1.73. The molecule has 0 spiro atoms. The van der Waals surface area contributed by atoms with Gasteiger partial charge in [-0.25, -0.2) is 22.4 Å². The molecule has 2 rings (SSSR count). The van der Waals surface area contributed by atoms with Crippen LogP contribution in [0.3, 0.4) is 0 Å². The quantitative estimate of drug-likeness (QED) is 0.388. The Hall–Kier alpha value is -3.16. The molecular weight excluding hydrogens is 342 g/mol. The Morgan fingerprint density at radius 2 is 1.64 bits per heavy atom. The molecule has 0 heterocycles. The van der Waals surface area contributed by atoms with E-state index in [0.717, 1.165) is 12.1 Å². The Kier molecular flexibility index (Phi) is 5.89. The summed E-state index contributed by atoms with van der Waals surface area (Å²) >= 11 is 0. The summed E-state index contributed by atoms with van der Waals surface area (Å²) < 4.78 is 56.5. The lowest BCUT2D eigenvalue weighted by molar-refractivity contribution is -0.142. The van der Waals surface area contributed by atoms with Crippen molar-refractivity contribution in [2.45, 2.75) is 0 Å². The Morgan fingerprint density at radius 1 is 0.960 bits per heavy atom. The average Bonchev–Trinajstić information content (AvgIpc) is 2.60. The van der Waals surface area contributed by atoms with E-state index in [-0.39, 0.29) is 0 Å². The first-order chi connectivity index (χ1) is 11.9. The molecule has 0 fully saturated rings. The van der Waals surface area contributed by atoms with Crippen LogP contribution in [0.5, 0.6) is 0 Å². The molecule has 0 aliphatic carbocycles. The second-order valence-corrected chi connectivity index (χ2v) is 4.76. The Morgan fingerprint density at radius 3 is 2.32 bits per heavy atom. The van der Waals surface area contributed by atoms with E-state index in [2.05, 4.69) is 4.74 Å². The molecule has 8 heteroatoms. The number of carbonyl (C=O) groups is 2. The maximum atomic E-state index is 13.4. The van der Waals surface area contributed by atoms with Crippen molar-refractivity contribution in [2.75, 3.05) is 11.9 Å². The van der Waals surface area contributed by atoms with Crippen LogP contribution in [0.4, 0.5) is 23.2 Å². The van der Waals surface area contributed by atoms with Gasteiger partial charge in [0.05, 0.1) is 5.69 Å². The average molecular weight is 353 g/mol. The number of rotatable bonds is 5. The van der Waals surface area contributed by atoms with Gasteiger partial charge in [-0.2, -0.15) is 0 Å². The maximum Gasteiger partial charge on any atom is 0.331 e. The van der Waals surface area contributed by atoms with E-state index in [1.54, 1.807) is 0 Å². The highest BCUT2D eigenvalue weighted by atomic mass is 19.2. The van der Waals surface area contributed by atoms with E-state index in [1.165, 1.54) is 30.3 Å². The zero-order valence-electron chi connectivity index (χ0n) is 12.6. The first kappa shape index (κ1) is 18.2. The van der Waals surface area contributed by atoms with Crippen LogP contribution in [-0.2, 0) is 14.3 Å². The van der Waals surface area contributed by atoms with Gasteiger partial charge in [0.25, 0.3) is 5.91 Å². The van der Waals surface area contributed by atoms with Gasteiger partial charge >= 0.3 is 5.97 Å². The number of esters is 1. The molecule has 0 unspecified atom stereocenters. The molecule has 2 aromatic rings. The van der Waals surface area contributed by atoms with Crippen molar-refractivity contribution in [2.24, 2.45) is 0 Å². The molecular formula is C17H11F4NO3. The summed E-state index contributed by atoms with van der Waals surface area (Å²) in [5, 5.41) is 1.95. The van der Waals surface area contributed by atoms with E-state index >= 15 is 0 Å². The van der Waals surface area contributed by atoms with Gasteiger partial charge in [-0.05, 0) is 35.9 Å². The predicted octanol–water partition coefficient (Wildman–Crippen LogP) is 3.44. The zero-order valence-corrected chi connectivity index (χ0v) is 12.6. The Balaban J connectivity index is 1.86. The molecule has 0 bridgehead atoms. The number of benzene rings is 2. The summed E-state index contributed by atoms with van der Waals surface area (Å²) in [6, 6.07) is 6.74. The van der Waals surface area contributed by atoms with Crippen LogP contribution in [0.25, 0.3) is 6.08 Å². The van der Waals surface area contributed by atoms with E-state index in [0.29, 0.717) is 11.6 Å². The smallest absolute Gasteiger partial charge is 0.331 e. The molecule has 0 aliphatic rings. The molecule has 0 atom stereocenters. The first-order valence-electron chi connectivity index (χ1n) is 6.90. The zero-order chi connectivity index (χ0) is 18.4. The van der Waals surface area contributed by atoms with Crippen LogP contribution >= 0.6 is 0 Å². The second-order valence-electron chi connectivity index (χ2n) is 4.76. The molecule has 0 saturated heterocycles. The molecule has 0 saturated carbocycles. The summed E-state index contributed by atoms with van der Waals surface area (Å²) in [7, 11) is 0. The number of carbonyl (C=O) groups excluding carboxylic acids is 2. The minimum atomic E-state index is -1.72. The van der Waals surface area contributed by atoms with Gasteiger partial charge in [0.2, 0.25) is 0 Å². The van der Waals surface area contributed by atoms with Gasteiger partial charge in [-0.1, -0.05) is 12.1 Å². The number of ether oxygens (including phenoxy) is 1. The topological polar surface area (TPSA) is 55.4 Å². The molecule has 4 nitrogen and oxygen atoms in total. The lowest BCUT2D eigenvalue weighted by atomic mass is 10.2. The summed E-state index contributed by atoms with van der Waals surface area (Å²) in [5.41, 5.74) is -0.0477. The first-order valence-corrected chi connectivity index (χ1v) is 6.90. The number of anilines is 1. The monoisotopic (exact) mass is 353 g/mol. The van der Waals surface area contributed by atoms with E-state index in [4.69, 9.17) is 0 Å². The molecule has 25 heavy (non-hydrogen) atoms. The summed E-state index contributed by atoms with van der Waals surface area (Å²) in [6.45, 7) is -0.759.